The number of carbonyl (C=O) groups is 1. The van der Waals surface area contributed by atoms with Crippen molar-refractivity contribution in [1.82, 2.24) is 9.88 Å². The van der Waals surface area contributed by atoms with Crippen LogP contribution in [0.5, 0.6) is 0 Å². The Morgan fingerprint density at radius 2 is 1.82 bits per heavy atom. The first-order chi connectivity index (χ1) is 10.7. The normalized spacial score (nSPS) is 15.8. The van der Waals surface area contributed by atoms with Crippen molar-refractivity contribution in [1.29, 1.82) is 0 Å². The van der Waals surface area contributed by atoms with E-state index in [9.17, 15) is 4.79 Å². The number of rotatable bonds is 3. The summed E-state index contributed by atoms with van der Waals surface area (Å²) in [6.45, 7) is 3.71. The number of aryl methyl sites for hydroxylation is 1. The first-order valence-corrected chi connectivity index (χ1v) is 7.97. The number of nitrogens with zero attached hydrogens (tertiary/aromatic N) is 2. The van der Waals surface area contributed by atoms with E-state index in [-0.39, 0.29) is 5.91 Å². The fourth-order valence-electron chi connectivity index (χ4n) is 3.10. The molecule has 0 saturated carbocycles. The molecule has 1 aromatic heterocycles. The molecule has 0 aliphatic carbocycles. The molecule has 0 unspecified atom stereocenters. The van der Waals surface area contributed by atoms with Crippen LogP contribution >= 0.6 is 0 Å². The van der Waals surface area contributed by atoms with Crippen LogP contribution in [0.2, 0.25) is 0 Å². The molecule has 0 N–H and O–H groups in total. The Balaban J connectivity index is 1.56. The highest BCUT2D eigenvalue weighted by Crippen LogP contribution is 2.27. The Bertz CT molecular complexity index is 631. The van der Waals surface area contributed by atoms with E-state index in [1.807, 2.05) is 48.2 Å². The minimum Gasteiger partial charge on any atom is -0.342 e. The molecule has 1 fully saturated rings. The van der Waals surface area contributed by atoms with Crippen LogP contribution in [0.15, 0.2) is 48.5 Å². The molecule has 1 aromatic carbocycles. The maximum Gasteiger partial charge on any atom is 0.226 e. The highest BCUT2D eigenvalue weighted by Gasteiger charge is 2.24. The van der Waals surface area contributed by atoms with Gasteiger partial charge < -0.3 is 4.90 Å². The lowest BCUT2D eigenvalue weighted by Gasteiger charge is -2.32. The quantitative estimate of drug-likeness (QED) is 0.870. The van der Waals surface area contributed by atoms with Crippen LogP contribution in [0.3, 0.4) is 0 Å². The summed E-state index contributed by atoms with van der Waals surface area (Å²) in [5, 5.41) is 0. The van der Waals surface area contributed by atoms with Crippen molar-refractivity contribution >= 4 is 5.91 Å². The number of hydrogen-bond donors (Lipinski definition) is 0. The van der Waals surface area contributed by atoms with Crippen molar-refractivity contribution in [3.8, 4) is 0 Å². The Morgan fingerprint density at radius 3 is 2.50 bits per heavy atom. The second kappa shape index (κ2) is 6.73. The third kappa shape index (κ3) is 3.53. The molecule has 3 nitrogen and oxygen atoms in total. The van der Waals surface area contributed by atoms with Crippen molar-refractivity contribution < 1.29 is 4.79 Å². The summed E-state index contributed by atoms with van der Waals surface area (Å²) >= 11 is 0. The molecule has 2 heterocycles. The van der Waals surface area contributed by atoms with Crippen LogP contribution in [0.25, 0.3) is 0 Å². The van der Waals surface area contributed by atoms with Crippen LogP contribution in [0.4, 0.5) is 0 Å². The van der Waals surface area contributed by atoms with E-state index in [0.29, 0.717) is 12.3 Å². The Hall–Kier alpha value is -2.16. The molecule has 1 aliphatic heterocycles. The van der Waals surface area contributed by atoms with Crippen molar-refractivity contribution in [2.75, 3.05) is 13.1 Å². The van der Waals surface area contributed by atoms with E-state index < -0.39 is 0 Å². The van der Waals surface area contributed by atoms with Gasteiger partial charge in [-0.05, 0) is 37.5 Å². The first kappa shape index (κ1) is 14.8. The smallest absolute Gasteiger partial charge is 0.226 e. The van der Waals surface area contributed by atoms with Gasteiger partial charge in [0, 0.05) is 30.4 Å². The topological polar surface area (TPSA) is 33.2 Å². The van der Waals surface area contributed by atoms with E-state index in [4.69, 9.17) is 0 Å². The van der Waals surface area contributed by atoms with E-state index in [2.05, 4.69) is 17.1 Å². The second-order valence-corrected chi connectivity index (χ2v) is 6.02. The number of carbonyl (C=O) groups excluding carboxylic acids is 1. The second-order valence-electron chi connectivity index (χ2n) is 6.02. The highest BCUT2D eigenvalue weighted by atomic mass is 16.2. The average molecular weight is 294 g/mol. The molecule has 0 bridgehead atoms. The van der Waals surface area contributed by atoms with Gasteiger partial charge in [-0.15, -0.1) is 0 Å². The monoisotopic (exact) mass is 294 g/mol. The SMILES string of the molecule is Cc1cccc(C2CCN(C(=O)Cc3ccccc3)CC2)n1. The lowest BCUT2D eigenvalue weighted by Crippen LogP contribution is -2.38. The van der Waals surface area contributed by atoms with Crippen molar-refractivity contribution in [3.63, 3.8) is 0 Å². The Kier molecular flexibility index (Phi) is 4.52. The lowest BCUT2D eigenvalue weighted by molar-refractivity contribution is -0.131. The largest absolute Gasteiger partial charge is 0.342 e. The predicted molar refractivity (Wildman–Crippen MR) is 87.7 cm³/mol. The van der Waals surface area contributed by atoms with Crippen molar-refractivity contribution in [3.05, 3.63) is 65.5 Å². The number of pyridine rings is 1. The number of amides is 1. The first-order valence-electron chi connectivity index (χ1n) is 7.97. The van der Waals surface area contributed by atoms with Gasteiger partial charge in [0.25, 0.3) is 0 Å². The third-order valence-electron chi connectivity index (χ3n) is 4.37. The molecule has 2 aromatic rings. The minimum absolute atomic E-state index is 0.238. The summed E-state index contributed by atoms with van der Waals surface area (Å²) in [4.78, 5) is 19.0. The molecule has 3 rings (SSSR count). The molecule has 3 heteroatoms. The van der Waals surface area contributed by atoms with Gasteiger partial charge in [-0.25, -0.2) is 0 Å². The molecule has 0 atom stereocenters. The van der Waals surface area contributed by atoms with Crippen LogP contribution in [-0.2, 0) is 11.2 Å². The fraction of sp³-hybridized carbons (Fsp3) is 0.368. The zero-order chi connectivity index (χ0) is 15.4. The predicted octanol–water partition coefficient (Wildman–Crippen LogP) is 3.34. The van der Waals surface area contributed by atoms with Gasteiger partial charge >= 0.3 is 0 Å². The Labute approximate surface area is 132 Å². The van der Waals surface area contributed by atoms with Crippen LogP contribution < -0.4 is 0 Å². The van der Waals surface area contributed by atoms with Gasteiger partial charge in [-0.1, -0.05) is 36.4 Å². The summed E-state index contributed by atoms with van der Waals surface area (Å²) in [5.74, 6) is 0.725. The van der Waals surface area contributed by atoms with Gasteiger partial charge in [-0.2, -0.15) is 0 Å². The molecule has 1 saturated heterocycles. The fourth-order valence-corrected chi connectivity index (χ4v) is 3.10. The summed E-state index contributed by atoms with van der Waals surface area (Å²) in [5.41, 5.74) is 3.34. The zero-order valence-corrected chi connectivity index (χ0v) is 13.0. The molecule has 1 amide bonds. The number of aromatic nitrogens is 1. The summed E-state index contributed by atoms with van der Waals surface area (Å²) in [6, 6.07) is 16.2. The highest BCUT2D eigenvalue weighted by molar-refractivity contribution is 5.78. The van der Waals surface area contributed by atoms with Gasteiger partial charge in [0.05, 0.1) is 6.42 Å². The van der Waals surface area contributed by atoms with E-state index in [0.717, 1.165) is 37.2 Å². The molecule has 1 aliphatic rings. The molecular weight excluding hydrogens is 272 g/mol. The van der Waals surface area contributed by atoms with Gasteiger partial charge in [0.1, 0.15) is 0 Å². The molecule has 114 valence electrons. The molecular formula is C19H22N2O. The number of piperidine rings is 1. The zero-order valence-electron chi connectivity index (χ0n) is 13.0. The average Bonchev–Trinajstić information content (AvgIpc) is 2.56. The van der Waals surface area contributed by atoms with Gasteiger partial charge in [0.2, 0.25) is 5.91 Å². The van der Waals surface area contributed by atoms with Crippen molar-refractivity contribution in [2.45, 2.75) is 32.1 Å². The summed E-state index contributed by atoms with van der Waals surface area (Å²) < 4.78 is 0. The van der Waals surface area contributed by atoms with Crippen LogP contribution in [-0.4, -0.2) is 28.9 Å². The maximum atomic E-state index is 12.4. The van der Waals surface area contributed by atoms with E-state index >= 15 is 0 Å². The van der Waals surface area contributed by atoms with Crippen molar-refractivity contribution in [2.24, 2.45) is 0 Å². The van der Waals surface area contributed by atoms with Gasteiger partial charge in [-0.3, -0.25) is 9.78 Å². The van der Waals surface area contributed by atoms with Gasteiger partial charge in [0.15, 0.2) is 0 Å². The molecule has 0 spiro atoms. The standard InChI is InChI=1S/C19H22N2O/c1-15-6-5-9-18(20-15)17-10-12-21(13-11-17)19(22)14-16-7-3-2-4-8-16/h2-9,17H,10-14H2,1H3. The maximum absolute atomic E-state index is 12.4. The van der Waals surface area contributed by atoms with E-state index in [1.54, 1.807) is 0 Å². The summed E-state index contributed by atoms with van der Waals surface area (Å²) in [6.07, 6.45) is 2.53. The molecule has 0 radical (unpaired) electrons. The van der Waals surface area contributed by atoms with Crippen LogP contribution in [0, 0.1) is 6.92 Å². The number of benzene rings is 1. The van der Waals surface area contributed by atoms with E-state index in [1.165, 1.54) is 5.69 Å². The summed E-state index contributed by atoms with van der Waals surface area (Å²) in [7, 11) is 0. The number of hydrogen-bond acceptors (Lipinski definition) is 2. The lowest BCUT2D eigenvalue weighted by atomic mass is 9.92. The van der Waals surface area contributed by atoms with Crippen LogP contribution in [0.1, 0.15) is 35.7 Å². The molecule has 22 heavy (non-hydrogen) atoms. The minimum atomic E-state index is 0.238. The Morgan fingerprint density at radius 1 is 1.09 bits per heavy atom. The third-order valence-corrected chi connectivity index (χ3v) is 4.37. The number of likely N-dealkylation sites (tertiary alicyclic amines) is 1.